The molecule has 18 heavy (non-hydrogen) atoms. The van der Waals surface area contributed by atoms with E-state index < -0.39 is 0 Å². The van der Waals surface area contributed by atoms with E-state index in [9.17, 15) is 9.90 Å². The van der Waals surface area contributed by atoms with Crippen LogP contribution >= 0.6 is 0 Å². The number of fused-ring (bicyclic) bond motifs is 1. The molecular formula is C14H18N2O2. The highest BCUT2D eigenvalue weighted by Crippen LogP contribution is 2.44. The van der Waals surface area contributed by atoms with Crippen molar-refractivity contribution in [2.75, 3.05) is 18.5 Å². The maximum atomic E-state index is 11.2. The van der Waals surface area contributed by atoms with Crippen LogP contribution in [-0.4, -0.2) is 24.2 Å². The average molecular weight is 246 g/mol. The second-order valence-electron chi connectivity index (χ2n) is 5.48. The van der Waals surface area contributed by atoms with Crippen LogP contribution in [-0.2, 0) is 17.8 Å². The van der Waals surface area contributed by atoms with Crippen molar-refractivity contribution in [2.24, 2.45) is 5.41 Å². The normalized spacial score (nSPS) is 19.5. The van der Waals surface area contributed by atoms with E-state index in [-0.39, 0.29) is 17.9 Å². The highest BCUT2D eigenvalue weighted by atomic mass is 16.3. The summed E-state index contributed by atoms with van der Waals surface area (Å²) in [7, 11) is 0. The van der Waals surface area contributed by atoms with Crippen LogP contribution in [0.1, 0.15) is 24.0 Å². The molecule has 1 aliphatic carbocycles. The molecule has 1 heterocycles. The summed E-state index contributed by atoms with van der Waals surface area (Å²) in [5, 5.41) is 15.4. The highest BCUT2D eigenvalue weighted by Gasteiger charge is 2.41. The largest absolute Gasteiger partial charge is 0.396 e. The molecule has 0 bridgehead atoms. The second-order valence-corrected chi connectivity index (χ2v) is 5.48. The smallest absolute Gasteiger partial charge is 0.228 e. The molecule has 1 amide bonds. The Morgan fingerprint density at radius 1 is 1.39 bits per heavy atom. The lowest BCUT2D eigenvalue weighted by atomic mass is 10.1. The van der Waals surface area contributed by atoms with Crippen LogP contribution in [0, 0.1) is 5.41 Å². The second kappa shape index (κ2) is 4.37. The molecular weight excluding hydrogens is 228 g/mol. The Kier molecular flexibility index (Phi) is 2.84. The zero-order chi connectivity index (χ0) is 12.6. The minimum Gasteiger partial charge on any atom is -0.396 e. The highest BCUT2D eigenvalue weighted by molar-refractivity contribution is 5.99. The molecule has 4 nitrogen and oxygen atoms in total. The summed E-state index contributed by atoms with van der Waals surface area (Å²) < 4.78 is 0. The molecule has 96 valence electrons. The lowest BCUT2D eigenvalue weighted by Crippen LogP contribution is -2.26. The maximum absolute atomic E-state index is 11.2. The minimum absolute atomic E-state index is 0.0762. The van der Waals surface area contributed by atoms with E-state index in [1.165, 1.54) is 5.56 Å². The number of aliphatic hydroxyl groups excluding tert-OH is 1. The molecule has 1 aliphatic heterocycles. The lowest BCUT2D eigenvalue weighted by Gasteiger charge is -2.13. The van der Waals surface area contributed by atoms with E-state index in [4.69, 9.17) is 0 Å². The summed E-state index contributed by atoms with van der Waals surface area (Å²) in [4.78, 5) is 11.2. The molecule has 0 aromatic heterocycles. The fourth-order valence-corrected chi connectivity index (χ4v) is 2.43. The van der Waals surface area contributed by atoms with Crippen molar-refractivity contribution in [3.8, 4) is 0 Å². The van der Waals surface area contributed by atoms with Gasteiger partial charge in [0, 0.05) is 30.8 Å². The number of hydrogen-bond acceptors (Lipinski definition) is 3. The van der Waals surface area contributed by atoms with Gasteiger partial charge in [0.25, 0.3) is 0 Å². The summed E-state index contributed by atoms with van der Waals surface area (Å²) in [6.45, 7) is 1.95. The van der Waals surface area contributed by atoms with E-state index in [1.807, 2.05) is 12.1 Å². The Labute approximate surface area is 106 Å². The molecule has 0 saturated heterocycles. The van der Waals surface area contributed by atoms with Gasteiger partial charge < -0.3 is 15.7 Å². The van der Waals surface area contributed by atoms with Crippen molar-refractivity contribution >= 4 is 11.6 Å². The summed E-state index contributed by atoms with van der Waals surface area (Å²) in [5.41, 5.74) is 3.37. The van der Waals surface area contributed by atoms with Crippen molar-refractivity contribution < 1.29 is 9.90 Å². The Balaban J connectivity index is 1.57. The first kappa shape index (κ1) is 11.7. The number of benzene rings is 1. The Morgan fingerprint density at radius 3 is 2.94 bits per heavy atom. The van der Waals surface area contributed by atoms with E-state index in [0.29, 0.717) is 6.42 Å². The predicted molar refractivity (Wildman–Crippen MR) is 69.2 cm³/mol. The Hall–Kier alpha value is -1.39. The number of amides is 1. The standard InChI is InChI=1S/C14H18N2O2/c17-9-14(3-4-14)8-15-7-10-1-2-12-11(5-10)6-13(18)16-12/h1-2,5,15,17H,3-4,6-9H2,(H,16,18). The molecule has 0 unspecified atom stereocenters. The van der Waals surface area contributed by atoms with Crippen molar-refractivity contribution in [1.29, 1.82) is 0 Å². The topological polar surface area (TPSA) is 61.4 Å². The fraction of sp³-hybridized carbons (Fsp3) is 0.500. The maximum Gasteiger partial charge on any atom is 0.228 e. The van der Waals surface area contributed by atoms with Crippen LogP contribution in [0.2, 0.25) is 0 Å². The molecule has 1 aromatic carbocycles. The third-order valence-corrected chi connectivity index (χ3v) is 3.92. The van der Waals surface area contributed by atoms with Crippen LogP contribution in [0.15, 0.2) is 18.2 Å². The van der Waals surface area contributed by atoms with E-state index in [0.717, 1.165) is 37.2 Å². The van der Waals surface area contributed by atoms with Crippen molar-refractivity contribution in [3.63, 3.8) is 0 Å². The zero-order valence-electron chi connectivity index (χ0n) is 10.3. The summed E-state index contributed by atoms with van der Waals surface area (Å²) in [6.07, 6.45) is 2.74. The number of carbonyl (C=O) groups excluding carboxylic acids is 1. The Morgan fingerprint density at radius 2 is 2.22 bits per heavy atom. The van der Waals surface area contributed by atoms with Gasteiger partial charge in [0.2, 0.25) is 5.91 Å². The molecule has 3 N–H and O–H groups in total. The number of hydrogen-bond donors (Lipinski definition) is 3. The molecule has 0 atom stereocenters. The van der Waals surface area contributed by atoms with E-state index in [1.54, 1.807) is 0 Å². The van der Waals surface area contributed by atoms with Crippen LogP contribution < -0.4 is 10.6 Å². The van der Waals surface area contributed by atoms with Gasteiger partial charge in [-0.15, -0.1) is 0 Å². The molecule has 1 aromatic rings. The molecule has 1 saturated carbocycles. The number of rotatable bonds is 5. The number of carbonyl (C=O) groups is 1. The van der Waals surface area contributed by atoms with Gasteiger partial charge in [-0.05, 0) is 30.0 Å². The summed E-state index contributed by atoms with van der Waals surface area (Å²) >= 11 is 0. The first-order valence-corrected chi connectivity index (χ1v) is 6.44. The van der Waals surface area contributed by atoms with Gasteiger partial charge in [0.05, 0.1) is 6.42 Å². The van der Waals surface area contributed by atoms with Gasteiger partial charge in [-0.3, -0.25) is 4.79 Å². The molecule has 0 spiro atoms. The van der Waals surface area contributed by atoms with Crippen molar-refractivity contribution in [3.05, 3.63) is 29.3 Å². The predicted octanol–water partition coefficient (Wildman–Crippen LogP) is 1.04. The summed E-state index contributed by atoms with van der Waals surface area (Å²) in [5.74, 6) is 0.0762. The van der Waals surface area contributed by atoms with E-state index in [2.05, 4.69) is 16.7 Å². The van der Waals surface area contributed by atoms with Crippen molar-refractivity contribution in [2.45, 2.75) is 25.8 Å². The quantitative estimate of drug-likeness (QED) is 0.727. The molecule has 3 rings (SSSR count). The average Bonchev–Trinajstić information content (AvgIpc) is 3.04. The van der Waals surface area contributed by atoms with Gasteiger partial charge in [0.15, 0.2) is 0 Å². The van der Waals surface area contributed by atoms with Crippen LogP contribution in [0.5, 0.6) is 0 Å². The monoisotopic (exact) mass is 246 g/mol. The van der Waals surface area contributed by atoms with Crippen molar-refractivity contribution in [1.82, 2.24) is 5.32 Å². The molecule has 2 aliphatic rings. The fourth-order valence-electron chi connectivity index (χ4n) is 2.43. The Bertz CT molecular complexity index is 481. The molecule has 0 radical (unpaired) electrons. The van der Waals surface area contributed by atoms with Crippen LogP contribution in [0.3, 0.4) is 0 Å². The third kappa shape index (κ3) is 2.26. The van der Waals surface area contributed by atoms with Gasteiger partial charge in [-0.2, -0.15) is 0 Å². The summed E-state index contributed by atoms with van der Waals surface area (Å²) in [6, 6.07) is 6.09. The SMILES string of the molecule is O=C1Cc2cc(CNCC3(CO)CC3)ccc2N1. The first-order chi connectivity index (χ1) is 8.71. The third-order valence-electron chi connectivity index (χ3n) is 3.92. The lowest BCUT2D eigenvalue weighted by molar-refractivity contribution is -0.115. The van der Waals surface area contributed by atoms with Gasteiger partial charge >= 0.3 is 0 Å². The van der Waals surface area contributed by atoms with Gasteiger partial charge in [0.1, 0.15) is 0 Å². The zero-order valence-corrected chi connectivity index (χ0v) is 10.3. The number of anilines is 1. The minimum atomic E-state index is 0.0762. The van der Waals surface area contributed by atoms with Crippen LogP contribution in [0.4, 0.5) is 5.69 Å². The van der Waals surface area contributed by atoms with Gasteiger partial charge in [-0.25, -0.2) is 0 Å². The number of nitrogens with one attached hydrogen (secondary N) is 2. The number of aliphatic hydroxyl groups is 1. The van der Waals surface area contributed by atoms with Gasteiger partial charge in [-0.1, -0.05) is 12.1 Å². The molecule has 1 fully saturated rings. The van der Waals surface area contributed by atoms with E-state index >= 15 is 0 Å². The van der Waals surface area contributed by atoms with Crippen LogP contribution in [0.25, 0.3) is 0 Å². The first-order valence-electron chi connectivity index (χ1n) is 6.44. The molecule has 4 heteroatoms.